The van der Waals surface area contributed by atoms with Crippen LogP contribution < -0.4 is 5.32 Å². The number of ether oxygens (including phenoxy) is 1. The smallest absolute Gasteiger partial charge is 0.282 e. The van der Waals surface area contributed by atoms with Crippen LogP contribution in [0.2, 0.25) is 0 Å². The summed E-state index contributed by atoms with van der Waals surface area (Å²) < 4.78 is 4.86. The third-order valence-electron chi connectivity index (χ3n) is 3.58. The van der Waals surface area contributed by atoms with Gasteiger partial charge in [-0.15, -0.1) is 0 Å². The highest BCUT2D eigenvalue weighted by Gasteiger charge is 2.40. The van der Waals surface area contributed by atoms with Gasteiger partial charge in [0.25, 0.3) is 17.5 Å². The van der Waals surface area contributed by atoms with E-state index in [1.165, 1.54) is 18.2 Å². The average molecular weight is 335 g/mol. The zero-order valence-corrected chi connectivity index (χ0v) is 13.1. The quantitative estimate of drug-likeness (QED) is 0.324. The van der Waals surface area contributed by atoms with Gasteiger partial charge in [0.05, 0.1) is 10.5 Å². The summed E-state index contributed by atoms with van der Waals surface area (Å²) >= 11 is 0. The number of nitro groups is 1. The molecule has 1 aliphatic heterocycles. The predicted molar refractivity (Wildman–Crippen MR) is 82.6 cm³/mol. The number of imide groups is 1. The summed E-state index contributed by atoms with van der Waals surface area (Å²) in [5.41, 5.74) is -0.625. The molecule has 9 nitrogen and oxygen atoms in total. The van der Waals surface area contributed by atoms with Crippen LogP contribution in [-0.4, -0.2) is 54.4 Å². The number of fused-ring (bicyclic) bond motifs is 1. The summed E-state index contributed by atoms with van der Waals surface area (Å²) in [6.45, 7) is 0.822. The number of rotatable bonds is 8. The van der Waals surface area contributed by atoms with E-state index in [-0.39, 0.29) is 30.0 Å². The fourth-order valence-corrected chi connectivity index (χ4v) is 2.42. The molecule has 24 heavy (non-hydrogen) atoms. The van der Waals surface area contributed by atoms with Gasteiger partial charge in [0, 0.05) is 39.3 Å². The van der Waals surface area contributed by atoms with E-state index in [1.807, 2.05) is 0 Å². The van der Waals surface area contributed by atoms with Gasteiger partial charge >= 0.3 is 0 Å². The maximum Gasteiger partial charge on any atom is 0.282 e. The monoisotopic (exact) mass is 335 g/mol. The van der Waals surface area contributed by atoms with Gasteiger partial charge in [0.2, 0.25) is 5.91 Å². The highest BCUT2D eigenvalue weighted by Crippen LogP contribution is 2.30. The van der Waals surface area contributed by atoms with Crippen molar-refractivity contribution in [2.75, 3.05) is 26.8 Å². The standard InChI is InChI=1S/C15H17N3O6/c1-24-9-3-7-16-12(19)6-8-17-14(20)10-4-2-5-11(18(22)23)13(10)15(17)21/h2,4-5H,3,6-9H2,1H3,(H,16,19). The first-order chi connectivity index (χ1) is 11.5. The summed E-state index contributed by atoms with van der Waals surface area (Å²) in [6, 6.07) is 3.90. The molecule has 1 aromatic rings. The van der Waals surface area contributed by atoms with Crippen molar-refractivity contribution in [2.24, 2.45) is 0 Å². The van der Waals surface area contributed by atoms with Crippen LogP contribution in [0.15, 0.2) is 18.2 Å². The van der Waals surface area contributed by atoms with E-state index in [1.54, 1.807) is 7.11 Å². The third kappa shape index (κ3) is 3.57. The van der Waals surface area contributed by atoms with Gasteiger partial charge < -0.3 is 10.1 Å². The minimum absolute atomic E-state index is 0.00490. The van der Waals surface area contributed by atoms with Gasteiger partial charge in [-0.05, 0) is 12.5 Å². The van der Waals surface area contributed by atoms with E-state index < -0.39 is 22.4 Å². The number of benzene rings is 1. The predicted octanol–water partition coefficient (Wildman–Crippen LogP) is 0.734. The summed E-state index contributed by atoms with van der Waals surface area (Å²) in [7, 11) is 1.56. The molecular formula is C15H17N3O6. The lowest BCUT2D eigenvalue weighted by Crippen LogP contribution is -2.35. The van der Waals surface area contributed by atoms with Crippen molar-refractivity contribution in [3.63, 3.8) is 0 Å². The first kappa shape index (κ1) is 17.5. The fourth-order valence-electron chi connectivity index (χ4n) is 2.42. The second-order valence-corrected chi connectivity index (χ2v) is 5.17. The SMILES string of the molecule is COCCCNC(=O)CCN1C(=O)c2cccc([N+](=O)[O-])c2C1=O. The number of carbonyl (C=O) groups excluding carboxylic acids is 3. The molecule has 0 bridgehead atoms. The molecule has 1 aromatic carbocycles. The minimum Gasteiger partial charge on any atom is -0.385 e. The van der Waals surface area contributed by atoms with E-state index in [0.29, 0.717) is 19.6 Å². The van der Waals surface area contributed by atoms with Gasteiger partial charge in [-0.1, -0.05) is 6.07 Å². The van der Waals surface area contributed by atoms with E-state index in [4.69, 9.17) is 4.74 Å². The summed E-state index contributed by atoms with van der Waals surface area (Å²) in [5.74, 6) is -1.67. The Morgan fingerprint density at radius 3 is 2.75 bits per heavy atom. The van der Waals surface area contributed by atoms with Gasteiger partial charge in [-0.25, -0.2) is 0 Å². The molecule has 0 saturated carbocycles. The van der Waals surface area contributed by atoms with Crippen molar-refractivity contribution in [1.82, 2.24) is 10.2 Å². The molecule has 1 aliphatic rings. The number of hydrogen-bond donors (Lipinski definition) is 1. The normalized spacial score (nSPS) is 13.1. The van der Waals surface area contributed by atoms with Crippen molar-refractivity contribution >= 4 is 23.4 Å². The van der Waals surface area contributed by atoms with Crippen molar-refractivity contribution in [2.45, 2.75) is 12.8 Å². The lowest BCUT2D eigenvalue weighted by atomic mass is 10.1. The molecular weight excluding hydrogens is 318 g/mol. The van der Waals surface area contributed by atoms with Gasteiger partial charge in [0.15, 0.2) is 0 Å². The Kier molecular flexibility index (Phi) is 5.59. The molecule has 0 aliphatic carbocycles. The number of nitro benzene ring substituents is 1. The molecule has 2 rings (SSSR count). The van der Waals surface area contributed by atoms with Crippen LogP contribution >= 0.6 is 0 Å². The van der Waals surface area contributed by atoms with E-state index in [9.17, 15) is 24.5 Å². The Morgan fingerprint density at radius 1 is 1.33 bits per heavy atom. The highest BCUT2D eigenvalue weighted by molar-refractivity contribution is 6.23. The van der Waals surface area contributed by atoms with Crippen molar-refractivity contribution in [3.05, 3.63) is 39.4 Å². The Balaban J connectivity index is 2.00. The number of amides is 3. The Bertz CT molecular complexity index is 688. The van der Waals surface area contributed by atoms with Crippen LogP contribution in [0, 0.1) is 10.1 Å². The first-order valence-electron chi connectivity index (χ1n) is 7.36. The number of nitrogens with zero attached hydrogens (tertiary/aromatic N) is 2. The van der Waals surface area contributed by atoms with Crippen LogP contribution in [-0.2, 0) is 9.53 Å². The van der Waals surface area contributed by atoms with E-state index in [0.717, 1.165) is 4.90 Å². The minimum atomic E-state index is -0.741. The second kappa shape index (κ2) is 7.64. The topological polar surface area (TPSA) is 119 Å². The van der Waals surface area contributed by atoms with Gasteiger partial charge in [0.1, 0.15) is 5.56 Å². The van der Waals surface area contributed by atoms with Crippen LogP contribution in [0.4, 0.5) is 5.69 Å². The molecule has 0 saturated heterocycles. The lowest BCUT2D eigenvalue weighted by molar-refractivity contribution is -0.385. The molecule has 0 spiro atoms. The van der Waals surface area contributed by atoms with Crippen LogP contribution in [0.25, 0.3) is 0 Å². The number of methoxy groups -OCH3 is 1. The molecule has 0 radical (unpaired) electrons. The maximum atomic E-state index is 12.3. The number of carbonyl (C=O) groups is 3. The molecule has 3 amide bonds. The molecule has 9 heteroatoms. The molecule has 128 valence electrons. The zero-order chi connectivity index (χ0) is 17.7. The fraction of sp³-hybridized carbons (Fsp3) is 0.400. The Morgan fingerprint density at radius 2 is 2.08 bits per heavy atom. The van der Waals surface area contributed by atoms with Crippen molar-refractivity contribution in [3.8, 4) is 0 Å². The summed E-state index contributed by atoms with van der Waals surface area (Å²) in [5, 5.41) is 13.7. The van der Waals surface area contributed by atoms with Crippen molar-refractivity contribution in [1.29, 1.82) is 0 Å². The van der Waals surface area contributed by atoms with Crippen LogP contribution in [0.1, 0.15) is 33.6 Å². The van der Waals surface area contributed by atoms with Crippen molar-refractivity contribution < 1.29 is 24.0 Å². The first-order valence-corrected chi connectivity index (χ1v) is 7.36. The Labute approximate surface area is 137 Å². The largest absolute Gasteiger partial charge is 0.385 e. The zero-order valence-electron chi connectivity index (χ0n) is 13.1. The maximum absolute atomic E-state index is 12.3. The molecule has 1 N–H and O–H groups in total. The van der Waals surface area contributed by atoms with Gasteiger partial charge in [-0.2, -0.15) is 0 Å². The molecule has 0 aromatic heterocycles. The molecule has 0 atom stereocenters. The Hall–Kier alpha value is -2.81. The lowest BCUT2D eigenvalue weighted by Gasteiger charge is -2.13. The summed E-state index contributed by atoms with van der Waals surface area (Å²) in [6.07, 6.45) is 0.591. The molecule has 0 fully saturated rings. The summed E-state index contributed by atoms with van der Waals surface area (Å²) in [4.78, 5) is 47.4. The van der Waals surface area contributed by atoms with Crippen LogP contribution in [0.5, 0.6) is 0 Å². The highest BCUT2D eigenvalue weighted by atomic mass is 16.6. The molecule has 0 unspecified atom stereocenters. The van der Waals surface area contributed by atoms with E-state index in [2.05, 4.69) is 5.32 Å². The van der Waals surface area contributed by atoms with Gasteiger partial charge in [-0.3, -0.25) is 29.4 Å². The molecule has 1 heterocycles. The van der Waals surface area contributed by atoms with E-state index >= 15 is 0 Å². The second-order valence-electron chi connectivity index (χ2n) is 5.17. The number of hydrogen-bond acceptors (Lipinski definition) is 6. The third-order valence-corrected chi connectivity index (χ3v) is 3.58. The average Bonchev–Trinajstić information content (AvgIpc) is 2.81. The van der Waals surface area contributed by atoms with Crippen LogP contribution in [0.3, 0.4) is 0 Å². The number of nitrogens with one attached hydrogen (secondary N) is 1.